The molecule has 3 N–H and O–H groups in total. The minimum Gasteiger partial charge on any atom is -0.408 e. The Labute approximate surface area is 110 Å². The summed E-state index contributed by atoms with van der Waals surface area (Å²) in [5, 5.41) is 19.8. The van der Waals surface area contributed by atoms with Crippen LogP contribution >= 0.6 is 0 Å². The van der Waals surface area contributed by atoms with Crippen LogP contribution in [-0.4, -0.2) is 21.0 Å². The molecule has 1 aromatic heterocycles. The van der Waals surface area contributed by atoms with Gasteiger partial charge >= 0.3 is 6.01 Å². The number of nitrogens with two attached hydrogens (primary N) is 1. The first-order valence-corrected chi connectivity index (χ1v) is 5.23. The third kappa shape index (κ3) is 2.53. The van der Waals surface area contributed by atoms with E-state index in [-0.39, 0.29) is 11.9 Å². The van der Waals surface area contributed by atoms with Crippen molar-refractivity contribution in [3.63, 3.8) is 0 Å². The molecule has 1 heterocycles. The standard InChI is InChI=1S/C10H8FN5O4/c1-4-14-15-10(20-4)13-9(17)6-2-5(11)3-7(8(6)12)16(18)19/h2-3H,12H2,1H3,(H,13,15,17). The molecule has 2 aromatic rings. The highest BCUT2D eigenvalue weighted by Gasteiger charge is 2.22. The van der Waals surface area contributed by atoms with Gasteiger partial charge in [0.25, 0.3) is 11.6 Å². The normalized spacial score (nSPS) is 10.3. The summed E-state index contributed by atoms with van der Waals surface area (Å²) in [4.78, 5) is 21.7. The fourth-order valence-electron chi connectivity index (χ4n) is 1.45. The van der Waals surface area contributed by atoms with Gasteiger partial charge in [-0.25, -0.2) is 4.39 Å². The lowest BCUT2D eigenvalue weighted by Crippen LogP contribution is -2.15. The molecule has 0 radical (unpaired) electrons. The number of carbonyl (C=O) groups excluding carboxylic acids is 1. The molecular formula is C10H8FN5O4. The van der Waals surface area contributed by atoms with Crippen LogP contribution in [0.2, 0.25) is 0 Å². The van der Waals surface area contributed by atoms with Crippen LogP contribution in [0, 0.1) is 22.9 Å². The van der Waals surface area contributed by atoms with Crippen LogP contribution in [0.4, 0.5) is 21.8 Å². The van der Waals surface area contributed by atoms with Crippen molar-refractivity contribution in [1.29, 1.82) is 0 Å². The fraction of sp³-hybridized carbons (Fsp3) is 0.100. The van der Waals surface area contributed by atoms with Crippen molar-refractivity contribution in [1.82, 2.24) is 10.2 Å². The third-order valence-corrected chi connectivity index (χ3v) is 2.31. The number of carbonyl (C=O) groups is 1. The molecule has 1 amide bonds. The molecule has 104 valence electrons. The second kappa shape index (κ2) is 4.91. The largest absolute Gasteiger partial charge is 0.408 e. The van der Waals surface area contributed by atoms with E-state index < -0.39 is 33.6 Å². The monoisotopic (exact) mass is 281 g/mol. The molecular weight excluding hydrogens is 273 g/mol. The van der Waals surface area contributed by atoms with Crippen LogP contribution in [0.5, 0.6) is 0 Å². The topological polar surface area (TPSA) is 137 Å². The van der Waals surface area contributed by atoms with E-state index in [0.29, 0.717) is 6.07 Å². The number of nitrogens with zero attached hydrogens (tertiary/aromatic N) is 3. The second-order valence-electron chi connectivity index (χ2n) is 3.72. The first-order valence-electron chi connectivity index (χ1n) is 5.23. The zero-order chi connectivity index (χ0) is 14.9. The lowest BCUT2D eigenvalue weighted by molar-refractivity contribution is -0.384. The van der Waals surface area contributed by atoms with Gasteiger partial charge < -0.3 is 10.2 Å². The van der Waals surface area contributed by atoms with E-state index in [1.807, 2.05) is 0 Å². The summed E-state index contributed by atoms with van der Waals surface area (Å²) in [6.45, 7) is 1.50. The van der Waals surface area contributed by atoms with Crippen molar-refractivity contribution < 1.29 is 18.5 Å². The molecule has 0 saturated heterocycles. The van der Waals surface area contributed by atoms with Crippen LogP contribution in [0.3, 0.4) is 0 Å². The van der Waals surface area contributed by atoms with Gasteiger partial charge in [-0.3, -0.25) is 20.2 Å². The smallest absolute Gasteiger partial charge is 0.322 e. The van der Waals surface area contributed by atoms with Crippen LogP contribution < -0.4 is 11.1 Å². The predicted octanol–water partition coefficient (Wildman–Crippen LogP) is 1.26. The van der Waals surface area contributed by atoms with Crippen LogP contribution in [0.1, 0.15) is 16.2 Å². The first-order chi connectivity index (χ1) is 9.38. The van der Waals surface area contributed by atoms with Gasteiger partial charge in [0.15, 0.2) is 0 Å². The number of nitrogens with one attached hydrogen (secondary N) is 1. The molecule has 0 saturated carbocycles. The predicted molar refractivity (Wildman–Crippen MR) is 64.5 cm³/mol. The van der Waals surface area contributed by atoms with Crippen LogP contribution in [0.25, 0.3) is 0 Å². The Bertz CT molecular complexity index is 699. The van der Waals surface area contributed by atoms with E-state index in [4.69, 9.17) is 10.2 Å². The number of aryl methyl sites for hydroxylation is 1. The Balaban J connectivity index is 2.37. The van der Waals surface area contributed by atoms with E-state index in [1.54, 1.807) is 0 Å². The maximum absolute atomic E-state index is 13.3. The van der Waals surface area contributed by atoms with Crippen molar-refractivity contribution in [3.8, 4) is 0 Å². The molecule has 0 spiro atoms. The van der Waals surface area contributed by atoms with Crippen molar-refractivity contribution in [2.75, 3.05) is 11.1 Å². The van der Waals surface area contributed by atoms with Gasteiger partial charge in [0, 0.05) is 6.92 Å². The number of halogens is 1. The molecule has 0 aliphatic carbocycles. The van der Waals surface area contributed by atoms with Crippen molar-refractivity contribution in [2.24, 2.45) is 0 Å². The zero-order valence-corrected chi connectivity index (χ0v) is 10.1. The highest BCUT2D eigenvalue weighted by Crippen LogP contribution is 2.27. The first kappa shape index (κ1) is 13.4. The Morgan fingerprint density at radius 3 is 2.75 bits per heavy atom. The van der Waals surface area contributed by atoms with Gasteiger partial charge in [-0.05, 0) is 6.07 Å². The number of nitro benzene ring substituents is 1. The number of nitrogen functional groups attached to an aromatic ring is 1. The SMILES string of the molecule is Cc1nnc(NC(=O)c2cc(F)cc([N+](=O)[O-])c2N)o1. The minimum atomic E-state index is -0.960. The number of hydrogen-bond acceptors (Lipinski definition) is 7. The summed E-state index contributed by atoms with van der Waals surface area (Å²) < 4.78 is 18.2. The van der Waals surface area contributed by atoms with Crippen molar-refractivity contribution in [3.05, 3.63) is 39.5 Å². The van der Waals surface area contributed by atoms with Gasteiger partial charge in [-0.1, -0.05) is 5.10 Å². The van der Waals surface area contributed by atoms with Gasteiger partial charge in [0.2, 0.25) is 5.89 Å². The van der Waals surface area contributed by atoms with Gasteiger partial charge in [-0.15, -0.1) is 5.10 Å². The van der Waals surface area contributed by atoms with Crippen LogP contribution in [-0.2, 0) is 0 Å². The maximum Gasteiger partial charge on any atom is 0.322 e. The molecule has 10 heteroatoms. The lowest BCUT2D eigenvalue weighted by atomic mass is 10.1. The second-order valence-corrected chi connectivity index (χ2v) is 3.72. The molecule has 0 unspecified atom stereocenters. The van der Waals surface area contributed by atoms with Gasteiger partial charge in [0.1, 0.15) is 11.5 Å². The summed E-state index contributed by atoms with van der Waals surface area (Å²) in [6, 6.07) is 1.18. The maximum atomic E-state index is 13.3. The summed E-state index contributed by atoms with van der Waals surface area (Å²) in [5.41, 5.74) is 3.93. The Hall–Kier alpha value is -3.04. The highest BCUT2D eigenvalue weighted by molar-refractivity contribution is 6.08. The fourth-order valence-corrected chi connectivity index (χ4v) is 1.45. The molecule has 1 aromatic carbocycles. The quantitative estimate of drug-likeness (QED) is 0.490. The molecule has 0 aliphatic rings. The Kier molecular flexibility index (Phi) is 3.29. The van der Waals surface area contributed by atoms with E-state index in [9.17, 15) is 19.3 Å². The average molecular weight is 281 g/mol. The van der Waals surface area contributed by atoms with E-state index in [2.05, 4.69) is 15.5 Å². The minimum absolute atomic E-state index is 0.207. The van der Waals surface area contributed by atoms with E-state index in [1.165, 1.54) is 6.92 Å². The van der Waals surface area contributed by atoms with E-state index in [0.717, 1.165) is 6.07 Å². The Morgan fingerprint density at radius 2 is 2.20 bits per heavy atom. The molecule has 0 bridgehead atoms. The molecule has 2 rings (SSSR count). The van der Waals surface area contributed by atoms with Crippen molar-refractivity contribution >= 4 is 23.3 Å². The molecule has 0 aliphatic heterocycles. The summed E-state index contributed by atoms with van der Waals surface area (Å²) >= 11 is 0. The number of nitro groups is 1. The number of benzene rings is 1. The number of anilines is 2. The number of amides is 1. The lowest BCUT2D eigenvalue weighted by Gasteiger charge is -2.05. The number of rotatable bonds is 3. The van der Waals surface area contributed by atoms with Gasteiger partial charge in [-0.2, -0.15) is 0 Å². The number of hydrogen-bond donors (Lipinski definition) is 2. The van der Waals surface area contributed by atoms with Gasteiger partial charge in [0.05, 0.1) is 16.6 Å². The summed E-state index contributed by atoms with van der Waals surface area (Å²) in [6.07, 6.45) is 0. The zero-order valence-electron chi connectivity index (χ0n) is 10.1. The molecule has 0 atom stereocenters. The summed E-state index contributed by atoms with van der Waals surface area (Å²) in [7, 11) is 0. The van der Waals surface area contributed by atoms with Crippen LogP contribution in [0.15, 0.2) is 16.5 Å². The third-order valence-electron chi connectivity index (χ3n) is 2.31. The summed E-state index contributed by atoms with van der Waals surface area (Å²) in [5.74, 6) is -1.65. The Morgan fingerprint density at radius 1 is 1.50 bits per heavy atom. The molecule has 20 heavy (non-hydrogen) atoms. The van der Waals surface area contributed by atoms with E-state index >= 15 is 0 Å². The molecule has 9 nitrogen and oxygen atoms in total. The average Bonchev–Trinajstić information content (AvgIpc) is 2.76. The highest BCUT2D eigenvalue weighted by atomic mass is 19.1. The number of aromatic nitrogens is 2. The molecule has 0 fully saturated rings. The van der Waals surface area contributed by atoms with Crippen molar-refractivity contribution in [2.45, 2.75) is 6.92 Å².